The van der Waals surface area contributed by atoms with Crippen LogP contribution in [0.3, 0.4) is 0 Å². The van der Waals surface area contributed by atoms with Gasteiger partial charge in [-0.05, 0) is 31.2 Å². The highest BCUT2D eigenvalue weighted by atomic mass is 35.5. The first-order valence-corrected chi connectivity index (χ1v) is 8.73. The summed E-state index contributed by atoms with van der Waals surface area (Å²) < 4.78 is 12.1. The van der Waals surface area contributed by atoms with Crippen molar-refractivity contribution < 1.29 is 23.7 Å². The molecule has 0 spiro atoms. The Morgan fingerprint density at radius 2 is 2.17 bits per heavy atom. The SMILES string of the molecule is CC(OC(=O)c1ccc(Cn2cccn2)o1)C(=O)Nc1cc([N+](=O)[O-])ccc1Cl. The molecule has 0 radical (unpaired) electrons. The molecule has 0 saturated heterocycles. The Morgan fingerprint density at radius 3 is 2.86 bits per heavy atom. The molecule has 1 atom stereocenters. The van der Waals surface area contributed by atoms with Gasteiger partial charge < -0.3 is 14.5 Å². The number of anilines is 1. The first kappa shape index (κ1) is 20.1. The number of hydrogen-bond donors (Lipinski definition) is 1. The molecule has 29 heavy (non-hydrogen) atoms. The molecule has 3 rings (SSSR count). The second-order valence-electron chi connectivity index (χ2n) is 5.93. The second kappa shape index (κ2) is 8.57. The van der Waals surface area contributed by atoms with E-state index in [4.69, 9.17) is 20.8 Å². The molecule has 2 aromatic heterocycles. The fraction of sp³-hybridized carbons (Fsp3) is 0.167. The van der Waals surface area contributed by atoms with Crippen LogP contribution in [0, 0.1) is 10.1 Å². The van der Waals surface area contributed by atoms with E-state index in [2.05, 4.69) is 10.4 Å². The lowest BCUT2D eigenvalue weighted by molar-refractivity contribution is -0.384. The third-order valence-electron chi connectivity index (χ3n) is 3.81. The number of amides is 1. The van der Waals surface area contributed by atoms with Gasteiger partial charge in [0.25, 0.3) is 11.6 Å². The highest BCUT2D eigenvalue weighted by Gasteiger charge is 2.22. The Balaban J connectivity index is 1.61. The summed E-state index contributed by atoms with van der Waals surface area (Å²) in [6.07, 6.45) is 2.16. The van der Waals surface area contributed by atoms with E-state index in [1.54, 1.807) is 29.2 Å². The van der Waals surface area contributed by atoms with Gasteiger partial charge in [0.05, 0.1) is 22.2 Å². The van der Waals surface area contributed by atoms with Crippen molar-refractivity contribution in [3.63, 3.8) is 0 Å². The maximum Gasteiger partial charge on any atom is 0.375 e. The highest BCUT2D eigenvalue weighted by Crippen LogP contribution is 2.27. The quantitative estimate of drug-likeness (QED) is 0.354. The van der Waals surface area contributed by atoms with Crippen LogP contribution in [-0.4, -0.2) is 32.7 Å². The average Bonchev–Trinajstić information content (AvgIpc) is 3.35. The zero-order chi connectivity index (χ0) is 21.0. The summed E-state index contributed by atoms with van der Waals surface area (Å²) in [7, 11) is 0. The van der Waals surface area contributed by atoms with Crippen molar-refractivity contribution in [1.29, 1.82) is 0 Å². The first-order valence-electron chi connectivity index (χ1n) is 8.35. The van der Waals surface area contributed by atoms with Crippen LogP contribution in [0.5, 0.6) is 0 Å². The number of hydrogen-bond acceptors (Lipinski definition) is 7. The normalized spacial score (nSPS) is 11.7. The molecule has 0 aliphatic rings. The van der Waals surface area contributed by atoms with Crippen LogP contribution in [0.15, 0.2) is 53.2 Å². The van der Waals surface area contributed by atoms with Crippen LogP contribution in [0.1, 0.15) is 23.2 Å². The number of furan rings is 1. The van der Waals surface area contributed by atoms with Crippen LogP contribution < -0.4 is 5.32 Å². The van der Waals surface area contributed by atoms with Crippen molar-refractivity contribution in [2.75, 3.05) is 5.32 Å². The third-order valence-corrected chi connectivity index (χ3v) is 4.14. The molecule has 150 valence electrons. The number of nitro benzene ring substituents is 1. The predicted octanol–water partition coefficient (Wildman–Crippen LogP) is 3.27. The molecule has 1 aromatic carbocycles. The molecule has 1 amide bonds. The van der Waals surface area contributed by atoms with Gasteiger partial charge in [0.15, 0.2) is 6.10 Å². The maximum atomic E-state index is 12.3. The Bertz CT molecular complexity index is 1050. The number of halogens is 1. The number of nitro groups is 1. The number of esters is 1. The van der Waals surface area contributed by atoms with E-state index in [0.717, 1.165) is 6.07 Å². The fourth-order valence-corrected chi connectivity index (χ4v) is 2.52. The maximum absolute atomic E-state index is 12.3. The Hall–Kier alpha value is -3.66. The Labute approximate surface area is 169 Å². The molecule has 3 aromatic rings. The number of rotatable bonds is 7. The van der Waals surface area contributed by atoms with E-state index in [1.165, 1.54) is 25.1 Å². The van der Waals surface area contributed by atoms with E-state index in [1.807, 2.05) is 0 Å². The lowest BCUT2D eigenvalue weighted by Gasteiger charge is -2.13. The van der Waals surface area contributed by atoms with Crippen molar-refractivity contribution in [2.45, 2.75) is 19.6 Å². The number of ether oxygens (including phenoxy) is 1. The van der Waals surface area contributed by atoms with Gasteiger partial charge in [-0.1, -0.05) is 11.6 Å². The van der Waals surface area contributed by atoms with Gasteiger partial charge in [-0.2, -0.15) is 5.10 Å². The van der Waals surface area contributed by atoms with Crippen LogP contribution in [-0.2, 0) is 16.1 Å². The molecule has 11 heteroatoms. The molecule has 0 saturated carbocycles. The zero-order valence-corrected chi connectivity index (χ0v) is 15.8. The van der Waals surface area contributed by atoms with E-state index < -0.39 is 22.9 Å². The minimum atomic E-state index is -1.20. The number of benzene rings is 1. The van der Waals surface area contributed by atoms with Gasteiger partial charge in [-0.3, -0.25) is 19.6 Å². The van der Waals surface area contributed by atoms with E-state index in [9.17, 15) is 19.7 Å². The number of aromatic nitrogens is 2. The van der Waals surface area contributed by atoms with Gasteiger partial charge in [-0.15, -0.1) is 0 Å². The molecule has 0 bridgehead atoms. The van der Waals surface area contributed by atoms with Crippen molar-refractivity contribution in [3.05, 3.63) is 75.4 Å². The fourth-order valence-electron chi connectivity index (χ4n) is 2.36. The zero-order valence-electron chi connectivity index (χ0n) is 15.1. The van der Waals surface area contributed by atoms with Gasteiger partial charge >= 0.3 is 5.97 Å². The van der Waals surface area contributed by atoms with Crippen molar-refractivity contribution in [3.8, 4) is 0 Å². The second-order valence-corrected chi connectivity index (χ2v) is 6.33. The lowest BCUT2D eigenvalue weighted by atomic mass is 10.2. The van der Waals surface area contributed by atoms with Crippen LogP contribution in [0.2, 0.25) is 5.02 Å². The van der Waals surface area contributed by atoms with Crippen LogP contribution in [0.25, 0.3) is 0 Å². The summed E-state index contributed by atoms with van der Waals surface area (Å²) in [5.74, 6) is -1.12. The first-order chi connectivity index (χ1) is 13.8. The van der Waals surface area contributed by atoms with Gasteiger partial charge in [-0.25, -0.2) is 4.79 Å². The average molecular weight is 419 g/mol. The lowest BCUT2D eigenvalue weighted by Crippen LogP contribution is -2.30. The molecule has 10 nitrogen and oxygen atoms in total. The van der Waals surface area contributed by atoms with Crippen molar-refractivity contribution in [2.24, 2.45) is 0 Å². The minimum absolute atomic E-state index is 0.0354. The molecule has 1 N–H and O–H groups in total. The summed E-state index contributed by atoms with van der Waals surface area (Å²) in [4.78, 5) is 34.7. The van der Waals surface area contributed by atoms with E-state index in [0.29, 0.717) is 12.3 Å². The van der Waals surface area contributed by atoms with Crippen LogP contribution in [0.4, 0.5) is 11.4 Å². The summed E-state index contributed by atoms with van der Waals surface area (Å²) >= 11 is 5.95. The molecule has 0 aliphatic carbocycles. The standard InChI is InChI=1S/C18H15ClN4O6/c1-11(17(24)21-15-9-12(23(26)27)3-5-14(15)19)28-18(25)16-6-4-13(29-16)10-22-8-2-7-20-22/h2-9,11H,10H2,1H3,(H,21,24). The molecular weight excluding hydrogens is 404 g/mol. The number of non-ortho nitro benzene ring substituents is 1. The molecular formula is C18H15ClN4O6. The Kier molecular flexibility index (Phi) is 5.93. The van der Waals surface area contributed by atoms with Gasteiger partial charge in [0.2, 0.25) is 5.76 Å². The number of carbonyl (C=O) groups is 2. The molecule has 2 heterocycles. The monoisotopic (exact) mass is 418 g/mol. The molecule has 0 fully saturated rings. The molecule has 0 aliphatic heterocycles. The number of carbonyl (C=O) groups excluding carboxylic acids is 2. The number of nitrogens with zero attached hydrogens (tertiary/aromatic N) is 3. The molecule has 1 unspecified atom stereocenters. The summed E-state index contributed by atoms with van der Waals surface area (Å²) in [6.45, 7) is 1.69. The third kappa shape index (κ3) is 4.99. The van der Waals surface area contributed by atoms with Gasteiger partial charge in [0, 0.05) is 24.5 Å². The summed E-state index contributed by atoms with van der Waals surface area (Å²) in [6, 6.07) is 8.40. The topological polar surface area (TPSA) is 130 Å². The predicted molar refractivity (Wildman–Crippen MR) is 102 cm³/mol. The van der Waals surface area contributed by atoms with Crippen LogP contribution >= 0.6 is 11.6 Å². The number of nitrogens with one attached hydrogen (secondary N) is 1. The van der Waals surface area contributed by atoms with Crippen molar-refractivity contribution in [1.82, 2.24) is 9.78 Å². The van der Waals surface area contributed by atoms with Crippen molar-refractivity contribution >= 4 is 34.9 Å². The highest BCUT2D eigenvalue weighted by molar-refractivity contribution is 6.33. The van der Waals surface area contributed by atoms with E-state index >= 15 is 0 Å². The minimum Gasteiger partial charge on any atom is -0.452 e. The summed E-state index contributed by atoms with van der Waals surface area (Å²) in [5, 5.41) is 17.4. The summed E-state index contributed by atoms with van der Waals surface area (Å²) in [5.41, 5.74) is -0.206. The Morgan fingerprint density at radius 1 is 1.38 bits per heavy atom. The largest absolute Gasteiger partial charge is 0.452 e. The smallest absolute Gasteiger partial charge is 0.375 e. The van der Waals surface area contributed by atoms with Gasteiger partial charge in [0.1, 0.15) is 5.76 Å². The van der Waals surface area contributed by atoms with E-state index in [-0.39, 0.29) is 22.2 Å².